The molecule has 0 saturated heterocycles. The van der Waals surface area contributed by atoms with Gasteiger partial charge in [0.15, 0.2) is 0 Å². The summed E-state index contributed by atoms with van der Waals surface area (Å²) in [5.74, 6) is 6.09. The Bertz CT molecular complexity index is 1040. The molecule has 0 bridgehead atoms. The Morgan fingerprint density at radius 1 is 1.13 bits per heavy atom. The minimum atomic E-state index is -0.437. The topological polar surface area (TPSA) is 3.24 Å². The molecule has 0 fully saturated rings. The van der Waals surface area contributed by atoms with E-state index < -0.39 is 12.1 Å². The Kier molecular flexibility index (Phi) is 4.16. The molecular weight excluding hydrogens is 302 g/mol. The zero-order chi connectivity index (χ0) is 22.1. The lowest BCUT2D eigenvalue weighted by Crippen LogP contribution is -2.17. The lowest BCUT2D eigenvalue weighted by Gasteiger charge is -2.15. The molecule has 2 aromatic rings. The fourth-order valence-electron chi connectivity index (χ4n) is 1.87. The third kappa shape index (κ3) is 6.48. The first-order valence-corrected chi connectivity index (χ1v) is 7.21. The van der Waals surface area contributed by atoms with E-state index in [0.29, 0.717) is 12.1 Å². The maximum atomic E-state index is 8.29. The van der Waals surface area contributed by atoms with Gasteiger partial charge in [-0.25, -0.2) is 0 Å². The van der Waals surface area contributed by atoms with E-state index in [1.54, 1.807) is 6.08 Å². The molecule has 0 radical (unpaired) electrons. The van der Waals surface area contributed by atoms with Gasteiger partial charge in [-0.2, -0.15) is 0 Å². The minimum Gasteiger partial charge on any atom is -0.298 e. The molecule has 2 heteroatoms. The molecule has 0 atom stereocenters. The third-order valence-electron chi connectivity index (χ3n) is 2.88. The van der Waals surface area contributed by atoms with Crippen molar-refractivity contribution in [1.29, 1.82) is 0 Å². The van der Waals surface area contributed by atoms with Crippen LogP contribution in [0.4, 0.5) is 0 Å². The Hall–Kier alpha value is -1.75. The lowest BCUT2D eigenvalue weighted by atomic mass is 9.98. The molecule has 1 nitrogen and oxygen atoms in total. The first-order valence-electron chi connectivity index (χ1n) is 10.7. The number of rotatable bonds is 4. The highest BCUT2D eigenvalue weighted by molar-refractivity contribution is 5.85. The van der Waals surface area contributed by atoms with Crippen molar-refractivity contribution in [3.63, 3.8) is 0 Å². The molecule has 122 valence electrons. The van der Waals surface area contributed by atoms with Crippen molar-refractivity contribution in [2.75, 3.05) is 13.6 Å². The molecule has 0 saturated carbocycles. The molecular formula is C21H26ClN. The molecule has 0 amide bonds. The second kappa shape index (κ2) is 8.77. The highest BCUT2D eigenvalue weighted by atomic mass is 35.5. The lowest BCUT2D eigenvalue weighted by molar-refractivity contribution is 0.365. The van der Waals surface area contributed by atoms with Crippen molar-refractivity contribution >= 4 is 23.2 Å². The summed E-state index contributed by atoms with van der Waals surface area (Å²) in [6, 6.07) is -2.33. The standard InChI is InChI=1S/C21H25N.ClH/c1-21(2,3)15-8-5-9-16-22(4)17-19-13-10-12-18-11-6-7-14-20(18)19;/h5-7,9-14H,16-17H2,1-4H3;1H/b9-5+;/i6D,7D,10D,11D,12D,13D,14D;. The molecule has 0 heterocycles. The van der Waals surface area contributed by atoms with E-state index in [4.69, 9.17) is 9.60 Å². The number of nitrogens with zero attached hydrogens (tertiary/aromatic N) is 1. The predicted octanol–water partition coefficient (Wildman–Crippen LogP) is 5.30. The number of fused-ring (bicyclic) bond motifs is 1. The smallest absolute Gasteiger partial charge is 0.0629 e. The van der Waals surface area contributed by atoms with Crippen LogP contribution in [0.2, 0.25) is 0 Å². The van der Waals surface area contributed by atoms with Crippen LogP contribution in [0.5, 0.6) is 0 Å². The van der Waals surface area contributed by atoms with Gasteiger partial charge < -0.3 is 0 Å². The van der Waals surface area contributed by atoms with Crippen LogP contribution < -0.4 is 0 Å². The van der Waals surface area contributed by atoms with Gasteiger partial charge in [0.1, 0.15) is 0 Å². The Balaban J connectivity index is 0.00000450. The highest BCUT2D eigenvalue weighted by Gasteiger charge is 2.03. The van der Waals surface area contributed by atoms with Gasteiger partial charge in [0, 0.05) is 18.5 Å². The normalized spacial score (nSPS) is 15.6. The molecule has 0 aliphatic heterocycles. The monoisotopic (exact) mass is 334 g/mol. The minimum absolute atomic E-state index is 0. The summed E-state index contributed by atoms with van der Waals surface area (Å²) >= 11 is 0. The summed E-state index contributed by atoms with van der Waals surface area (Å²) in [5.41, 5.74) is 0.241. The van der Waals surface area contributed by atoms with Crippen LogP contribution in [0.3, 0.4) is 0 Å². The third-order valence-corrected chi connectivity index (χ3v) is 2.88. The number of benzene rings is 2. The number of allylic oxidation sites excluding steroid dienone is 1. The molecule has 2 aromatic carbocycles. The van der Waals surface area contributed by atoms with Crippen molar-refractivity contribution in [1.82, 2.24) is 4.90 Å². The summed E-state index contributed by atoms with van der Waals surface area (Å²) in [7, 11) is 1.82. The molecule has 0 N–H and O–H groups in total. The number of likely N-dealkylation sites (N-methyl/N-ethyl adjacent to an activating group) is 1. The summed E-state index contributed by atoms with van der Waals surface area (Å²) < 4.78 is 56.7. The first kappa shape index (κ1) is 10.9. The van der Waals surface area contributed by atoms with E-state index in [1.807, 2.05) is 38.8 Å². The van der Waals surface area contributed by atoms with Gasteiger partial charge in [0.2, 0.25) is 0 Å². The van der Waals surface area contributed by atoms with E-state index >= 15 is 0 Å². The van der Waals surface area contributed by atoms with Crippen LogP contribution in [0.25, 0.3) is 10.8 Å². The van der Waals surface area contributed by atoms with Crippen LogP contribution in [0.15, 0.2) is 54.4 Å². The highest BCUT2D eigenvalue weighted by Crippen LogP contribution is 2.19. The first-order chi connectivity index (χ1) is 13.4. The van der Waals surface area contributed by atoms with Crippen LogP contribution in [0.1, 0.15) is 35.9 Å². The van der Waals surface area contributed by atoms with Gasteiger partial charge in [-0.3, -0.25) is 4.90 Å². The van der Waals surface area contributed by atoms with Crippen LogP contribution in [-0.2, 0) is 6.54 Å². The van der Waals surface area contributed by atoms with E-state index in [9.17, 15) is 0 Å². The van der Waals surface area contributed by atoms with Crippen molar-refractivity contribution in [2.24, 2.45) is 5.41 Å². The van der Waals surface area contributed by atoms with E-state index in [-0.39, 0.29) is 65.4 Å². The Labute approximate surface area is 156 Å². The molecule has 23 heavy (non-hydrogen) atoms. The zero-order valence-corrected chi connectivity index (χ0v) is 14.7. The second-order valence-electron chi connectivity index (χ2n) is 6.22. The van der Waals surface area contributed by atoms with Crippen LogP contribution in [0, 0.1) is 17.3 Å². The van der Waals surface area contributed by atoms with Gasteiger partial charge in [-0.05, 0) is 50.2 Å². The van der Waals surface area contributed by atoms with Gasteiger partial charge in [0.25, 0.3) is 0 Å². The zero-order valence-electron chi connectivity index (χ0n) is 20.9. The van der Waals surface area contributed by atoms with E-state index in [2.05, 4.69) is 11.8 Å². The summed E-state index contributed by atoms with van der Waals surface area (Å²) in [5, 5.41) is 0.136. The predicted molar refractivity (Wildman–Crippen MR) is 104 cm³/mol. The van der Waals surface area contributed by atoms with E-state index in [0.717, 1.165) is 0 Å². The van der Waals surface area contributed by atoms with Gasteiger partial charge in [0.05, 0.1) is 9.60 Å². The largest absolute Gasteiger partial charge is 0.298 e. The van der Waals surface area contributed by atoms with Crippen molar-refractivity contribution in [3.8, 4) is 11.8 Å². The average molecular weight is 335 g/mol. The van der Waals surface area contributed by atoms with Gasteiger partial charge >= 0.3 is 0 Å². The van der Waals surface area contributed by atoms with Crippen molar-refractivity contribution in [3.05, 3.63) is 60.0 Å². The number of hydrogen-bond donors (Lipinski definition) is 0. The quantitative estimate of drug-likeness (QED) is 0.686. The van der Waals surface area contributed by atoms with E-state index in [1.165, 1.54) is 0 Å². The second-order valence-corrected chi connectivity index (χ2v) is 6.22. The molecule has 0 spiro atoms. The maximum Gasteiger partial charge on any atom is 0.0629 e. The van der Waals surface area contributed by atoms with Gasteiger partial charge in [-0.15, -0.1) is 12.4 Å². The number of halogens is 1. The van der Waals surface area contributed by atoms with Gasteiger partial charge in [-0.1, -0.05) is 60.2 Å². The average Bonchev–Trinajstić information content (AvgIpc) is 2.63. The fourth-order valence-corrected chi connectivity index (χ4v) is 1.87. The summed E-state index contributed by atoms with van der Waals surface area (Å²) in [4.78, 5) is 1.87. The Morgan fingerprint density at radius 3 is 2.57 bits per heavy atom. The van der Waals surface area contributed by atoms with Crippen LogP contribution in [-0.4, -0.2) is 18.5 Å². The SMILES string of the molecule is Cl.[2H]c1c([2H])c([2H])c2c(CN(C)C/C=C/C#CC(C)(C)C)c([2H])c([2H])c([2H])c2c1[2H]. The molecule has 0 unspecified atom stereocenters. The molecule has 0 aromatic heterocycles. The van der Waals surface area contributed by atoms with Crippen molar-refractivity contribution in [2.45, 2.75) is 27.3 Å². The maximum absolute atomic E-state index is 8.29. The molecule has 2 rings (SSSR count). The molecule has 0 aliphatic carbocycles. The number of hydrogen-bond acceptors (Lipinski definition) is 1. The Morgan fingerprint density at radius 2 is 1.83 bits per heavy atom. The fraction of sp³-hybridized carbons (Fsp3) is 0.333. The molecule has 0 aliphatic rings. The van der Waals surface area contributed by atoms with Crippen LogP contribution >= 0.6 is 12.4 Å². The summed E-state index contributed by atoms with van der Waals surface area (Å²) in [6.07, 6.45) is 3.64. The van der Waals surface area contributed by atoms with Crippen molar-refractivity contribution < 1.29 is 9.60 Å². The summed E-state index contributed by atoms with van der Waals surface area (Å²) in [6.45, 7) is 6.80.